The maximum absolute atomic E-state index is 9.51. The van der Waals surface area contributed by atoms with Crippen LogP contribution in [0, 0.1) is 27.7 Å². The fraction of sp³-hybridized carbons (Fsp3) is 0.294. The molecular weight excluding hydrogens is 234 g/mol. The van der Waals surface area contributed by atoms with Crippen LogP contribution in [0.15, 0.2) is 30.3 Å². The van der Waals surface area contributed by atoms with E-state index < -0.39 is 0 Å². The number of hydrogen-bond acceptors (Lipinski definition) is 2. The van der Waals surface area contributed by atoms with Crippen LogP contribution >= 0.6 is 0 Å². The van der Waals surface area contributed by atoms with Gasteiger partial charge in [-0.2, -0.15) is 0 Å². The van der Waals surface area contributed by atoms with E-state index in [1.54, 1.807) is 6.07 Å². The molecule has 19 heavy (non-hydrogen) atoms. The molecule has 0 aliphatic heterocycles. The molecular formula is C17H21NO. The Labute approximate surface area is 115 Å². The molecule has 0 atom stereocenters. The number of hydrogen-bond donors (Lipinski definition) is 2. The number of anilines is 1. The zero-order chi connectivity index (χ0) is 14.0. The molecule has 0 heterocycles. The SMILES string of the molecule is Cc1cc(C)c(CNc2ccc(O)c(C)c2)cc1C. The van der Waals surface area contributed by atoms with Gasteiger partial charge in [-0.15, -0.1) is 0 Å². The molecule has 0 fully saturated rings. The minimum Gasteiger partial charge on any atom is -0.508 e. The summed E-state index contributed by atoms with van der Waals surface area (Å²) in [7, 11) is 0. The molecule has 2 heteroatoms. The van der Waals surface area contributed by atoms with E-state index in [2.05, 4.69) is 38.2 Å². The van der Waals surface area contributed by atoms with E-state index in [1.807, 2.05) is 19.1 Å². The lowest BCUT2D eigenvalue weighted by atomic mass is 10.0. The summed E-state index contributed by atoms with van der Waals surface area (Å²) < 4.78 is 0. The van der Waals surface area contributed by atoms with E-state index in [9.17, 15) is 5.11 Å². The predicted molar refractivity (Wildman–Crippen MR) is 80.8 cm³/mol. The highest BCUT2D eigenvalue weighted by Gasteiger charge is 2.03. The van der Waals surface area contributed by atoms with Crippen LogP contribution in [0.1, 0.15) is 27.8 Å². The Kier molecular flexibility index (Phi) is 3.79. The number of aromatic hydroxyl groups is 1. The number of rotatable bonds is 3. The summed E-state index contributed by atoms with van der Waals surface area (Å²) in [6.45, 7) is 9.14. The molecule has 2 aromatic carbocycles. The smallest absolute Gasteiger partial charge is 0.118 e. The average molecular weight is 255 g/mol. The van der Waals surface area contributed by atoms with E-state index >= 15 is 0 Å². The molecule has 0 amide bonds. The normalized spacial score (nSPS) is 10.5. The molecule has 0 aliphatic rings. The van der Waals surface area contributed by atoms with Crippen molar-refractivity contribution in [3.05, 3.63) is 58.1 Å². The van der Waals surface area contributed by atoms with Gasteiger partial charge in [0.2, 0.25) is 0 Å². The Bertz CT molecular complexity index is 602. The molecule has 0 radical (unpaired) electrons. The Balaban J connectivity index is 2.14. The van der Waals surface area contributed by atoms with Crippen molar-refractivity contribution >= 4 is 5.69 Å². The van der Waals surface area contributed by atoms with Crippen molar-refractivity contribution in [1.82, 2.24) is 0 Å². The minimum atomic E-state index is 0.341. The van der Waals surface area contributed by atoms with Gasteiger partial charge in [-0.05, 0) is 73.7 Å². The van der Waals surface area contributed by atoms with Gasteiger partial charge < -0.3 is 10.4 Å². The molecule has 0 saturated carbocycles. The third-order valence-corrected chi connectivity index (χ3v) is 3.63. The molecule has 2 N–H and O–H groups in total. The quantitative estimate of drug-likeness (QED) is 0.804. The lowest BCUT2D eigenvalue weighted by molar-refractivity contribution is 0.471. The molecule has 2 rings (SSSR count). The van der Waals surface area contributed by atoms with Crippen LogP contribution in [0.3, 0.4) is 0 Å². The zero-order valence-electron chi connectivity index (χ0n) is 12.0. The van der Waals surface area contributed by atoms with Gasteiger partial charge >= 0.3 is 0 Å². The maximum atomic E-state index is 9.51. The van der Waals surface area contributed by atoms with E-state index in [0.29, 0.717) is 5.75 Å². The lowest BCUT2D eigenvalue weighted by Gasteiger charge is -2.12. The highest BCUT2D eigenvalue weighted by atomic mass is 16.3. The highest BCUT2D eigenvalue weighted by molar-refractivity contribution is 5.51. The third-order valence-electron chi connectivity index (χ3n) is 3.63. The topological polar surface area (TPSA) is 32.3 Å². The first-order valence-corrected chi connectivity index (χ1v) is 6.57. The Morgan fingerprint density at radius 2 is 1.53 bits per heavy atom. The van der Waals surface area contributed by atoms with Crippen LogP contribution in [0.4, 0.5) is 5.69 Å². The summed E-state index contributed by atoms with van der Waals surface area (Å²) in [5.74, 6) is 0.341. The standard InChI is InChI=1S/C17H21NO/c1-11-7-13(3)15(8-12(11)2)10-18-16-5-6-17(19)14(4)9-16/h5-9,18-19H,10H2,1-4H3. The van der Waals surface area contributed by atoms with Gasteiger partial charge in [0, 0.05) is 12.2 Å². The van der Waals surface area contributed by atoms with Gasteiger partial charge in [-0.1, -0.05) is 12.1 Å². The Hall–Kier alpha value is -1.96. The number of phenols is 1. The third kappa shape index (κ3) is 3.08. The van der Waals surface area contributed by atoms with E-state index in [0.717, 1.165) is 17.8 Å². The number of phenolic OH excluding ortho intramolecular Hbond substituents is 1. The monoisotopic (exact) mass is 255 g/mol. The average Bonchev–Trinajstić information content (AvgIpc) is 2.36. The predicted octanol–water partition coefficient (Wildman–Crippen LogP) is 4.24. The van der Waals surface area contributed by atoms with E-state index in [1.165, 1.54) is 22.3 Å². The van der Waals surface area contributed by atoms with Crippen molar-refractivity contribution in [2.75, 3.05) is 5.32 Å². The number of nitrogens with one attached hydrogen (secondary N) is 1. The molecule has 0 spiro atoms. The van der Waals surface area contributed by atoms with Gasteiger partial charge in [0.05, 0.1) is 0 Å². The van der Waals surface area contributed by atoms with Gasteiger partial charge in [0.1, 0.15) is 5.75 Å². The first-order chi connectivity index (χ1) is 8.97. The van der Waals surface area contributed by atoms with Gasteiger partial charge in [0.25, 0.3) is 0 Å². The molecule has 0 aromatic heterocycles. The summed E-state index contributed by atoms with van der Waals surface area (Å²) in [6, 6.07) is 10.1. The Morgan fingerprint density at radius 1 is 0.842 bits per heavy atom. The fourth-order valence-corrected chi connectivity index (χ4v) is 2.17. The van der Waals surface area contributed by atoms with Crippen LogP contribution in [-0.2, 0) is 6.54 Å². The van der Waals surface area contributed by atoms with Gasteiger partial charge in [0.15, 0.2) is 0 Å². The lowest BCUT2D eigenvalue weighted by Crippen LogP contribution is -2.02. The molecule has 0 bridgehead atoms. The van der Waals surface area contributed by atoms with Crippen molar-refractivity contribution in [2.24, 2.45) is 0 Å². The highest BCUT2D eigenvalue weighted by Crippen LogP contribution is 2.21. The van der Waals surface area contributed by atoms with Crippen molar-refractivity contribution in [1.29, 1.82) is 0 Å². The van der Waals surface area contributed by atoms with Crippen LogP contribution in [0.25, 0.3) is 0 Å². The second-order valence-electron chi connectivity index (χ2n) is 5.22. The molecule has 100 valence electrons. The first-order valence-electron chi connectivity index (χ1n) is 6.57. The van der Waals surface area contributed by atoms with Gasteiger partial charge in [-0.25, -0.2) is 0 Å². The molecule has 0 unspecified atom stereocenters. The summed E-state index contributed by atoms with van der Waals surface area (Å²) in [6.07, 6.45) is 0. The molecule has 2 aromatic rings. The number of aryl methyl sites for hydroxylation is 4. The summed E-state index contributed by atoms with van der Waals surface area (Å²) >= 11 is 0. The second kappa shape index (κ2) is 5.35. The van der Waals surface area contributed by atoms with E-state index in [-0.39, 0.29) is 0 Å². The molecule has 0 saturated heterocycles. The summed E-state index contributed by atoms with van der Waals surface area (Å²) in [5.41, 5.74) is 7.21. The van der Waals surface area contributed by atoms with Crippen molar-refractivity contribution in [3.63, 3.8) is 0 Å². The summed E-state index contributed by atoms with van der Waals surface area (Å²) in [4.78, 5) is 0. The van der Waals surface area contributed by atoms with Crippen molar-refractivity contribution in [2.45, 2.75) is 34.2 Å². The zero-order valence-corrected chi connectivity index (χ0v) is 12.0. The first kappa shape index (κ1) is 13.5. The molecule has 0 aliphatic carbocycles. The van der Waals surface area contributed by atoms with Crippen LogP contribution in [0.5, 0.6) is 5.75 Å². The van der Waals surface area contributed by atoms with E-state index in [4.69, 9.17) is 0 Å². The number of benzene rings is 2. The fourth-order valence-electron chi connectivity index (χ4n) is 2.17. The van der Waals surface area contributed by atoms with Crippen LogP contribution in [0.2, 0.25) is 0 Å². The molecule has 2 nitrogen and oxygen atoms in total. The maximum Gasteiger partial charge on any atom is 0.118 e. The van der Waals surface area contributed by atoms with Crippen LogP contribution in [-0.4, -0.2) is 5.11 Å². The minimum absolute atomic E-state index is 0.341. The van der Waals surface area contributed by atoms with Crippen LogP contribution < -0.4 is 5.32 Å². The van der Waals surface area contributed by atoms with Crippen molar-refractivity contribution in [3.8, 4) is 5.75 Å². The van der Waals surface area contributed by atoms with Crippen molar-refractivity contribution < 1.29 is 5.11 Å². The van der Waals surface area contributed by atoms with Gasteiger partial charge in [-0.3, -0.25) is 0 Å². The second-order valence-corrected chi connectivity index (χ2v) is 5.22. The largest absolute Gasteiger partial charge is 0.508 e. The Morgan fingerprint density at radius 3 is 2.21 bits per heavy atom. The summed E-state index contributed by atoms with van der Waals surface area (Å²) in [5, 5.41) is 12.9.